The van der Waals surface area contributed by atoms with Gasteiger partial charge in [0.25, 0.3) is 0 Å². The molecule has 0 bridgehead atoms. The molecule has 546 valence electrons. The molecule has 8 N–H and O–H groups in total. The molecular formula is C82H100ClF3N18. The normalized spacial score (nSPS) is 18.2. The lowest BCUT2D eigenvalue weighted by atomic mass is 9.92. The predicted molar refractivity (Wildman–Crippen MR) is 422 cm³/mol. The van der Waals surface area contributed by atoms with Crippen LogP contribution >= 0.6 is 11.6 Å². The van der Waals surface area contributed by atoms with Crippen LogP contribution in [0.3, 0.4) is 0 Å². The predicted octanol–water partition coefficient (Wildman–Crippen LogP) is 18.4. The van der Waals surface area contributed by atoms with E-state index in [9.17, 15) is 13.2 Å². The largest absolute Gasteiger partial charge is 0.367 e. The zero-order valence-corrected chi connectivity index (χ0v) is 57.3. The molecule has 0 spiro atoms. The molecule has 11 heterocycles. The second kappa shape index (κ2) is 36.9. The highest BCUT2D eigenvalue weighted by molar-refractivity contribution is 6.30. The van der Waals surface area contributed by atoms with E-state index in [4.69, 9.17) is 17.3 Å². The van der Waals surface area contributed by atoms with Crippen LogP contribution in [-0.4, -0.2) is 150 Å². The number of likely N-dealkylation sites (N-methyl/N-ethyl adjacent to an activating group) is 2. The van der Waals surface area contributed by atoms with Crippen LogP contribution in [0.4, 0.5) is 30.6 Å². The minimum Gasteiger partial charge on any atom is -0.367 e. The van der Waals surface area contributed by atoms with E-state index in [1.807, 2.05) is 85.3 Å². The first-order valence-electron chi connectivity index (χ1n) is 34.5. The van der Waals surface area contributed by atoms with Crippen molar-refractivity contribution in [2.45, 2.75) is 118 Å². The van der Waals surface area contributed by atoms with Gasteiger partial charge in [0.1, 0.15) is 23.1 Å². The number of anilines is 3. The van der Waals surface area contributed by atoms with E-state index in [2.05, 4.69) is 107 Å². The van der Waals surface area contributed by atoms with Crippen molar-refractivity contribution in [2.24, 2.45) is 16.6 Å². The van der Waals surface area contributed by atoms with Crippen molar-refractivity contribution in [3.05, 3.63) is 210 Å². The van der Waals surface area contributed by atoms with Crippen LogP contribution in [0.15, 0.2) is 182 Å². The third-order valence-electron chi connectivity index (χ3n) is 19.7. The molecule has 11 aromatic rings. The molecule has 22 heteroatoms. The molecule has 0 amide bonds. The van der Waals surface area contributed by atoms with Crippen molar-refractivity contribution in [3.8, 4) is 78.4 Å². The van der Waals surface area contributed by atoms with Gasteiger partial charge in [-0.05, 0) is 241 Å². The maximum atomic E-state index is 13.3. The molecule has 1 aliphatic carbocycles. The summed E-state index contributed by atoms with van der Waals surface area (Å²) in [6.07, 6.45) is 24.7. The molecule has 5 aliphatic rings. The van der Waals surface area contributed by atoms with E-state index < -0.39 is 0 Å². The minimum atomic E-state index is -0.248. The van der Waals surface area contributed by atoms with Crippen LogP contribution in [0, 0.1) is 23.4 Å². The fourth-order valence-corrected chi connectivity index (χ4v) is 14.3. The summed E-state index contributed by atoms with van der Waals surface area (Å²) in [5.41, 5.74) is 23.4. The molecule has 4 aromatic carbocycles. The topological polar surface area (TPSA) is 226 Å². The first kappa shape index (κ1) is 78.1. The highest BCUT2D eigenvalue weighted by Crippen LogP contribution is 2.44. The number of nitrogens with one attached hydrogen (secondary N) is 6. The molecule has 1 saturated carbocycles. The van der Waals surface area contributed by atoms with Gasteiger partial charge in [-0.1, -0.05) is 60.4 Å². The Morgan fingerprint density at radius 1 is 0.500 bits per heavy atom. The fourth-order valence-electron chi connectivity index (χ4n) is 14.2. The lowest BCUT2D eigenvalue weighted by molar-refractivity contribution is 0.322. The van der Waals surface area contributed by atoms with E-state index in [0.29, 0.717) is 23.9 Å². The van der Waals surface area contributed by atoms with Crippen molar-refractivity contribution in [2.75, 3.05) is 75.4 Å². The molecule has 104 heavy (non-hydrogen) atoms. The fraction of sp³-hybridized carbons (Fsp3) is 0.341. The Hall–Kier alpha value is -10.1. The Kier molecular flexibility index (Phi) is 27.7. The van der Waals surface area contributed by atoms with Crippen LogP contribution in [-0.2, 0) is 0 Å². The molecule has 4 fully saturated rings. The number of halogens is 4. The van der Waals surface area contributed by atoms with E-state index in [1.54, 1.807) is 61.2 Å². The van der Waals surface area contributed by atoms with Crippen LogP contribution in [0.25, 0.3) is 84.0 Å². The molecule has 5 atom stereocenters. The second-order valence-corrected chi connectivity index (χ2v) is 26.9. The average Bonchev–Trinajstić information content (AvgIpc) is 1.64. The van der Waals surface area contributed by atoms with Crippen molar-refractivity contribution >= 4 is 40.8 Å². The molecule has 5 unspecified atom stereocenters. The first-order chi connectivity index (χ1) is 48.9. The summed E-state index contributed by atoms with van der Waals surface area (Å²) in [6.45, 7) is 9.14. The highest BCUT2D eigenvalue weighted by Gasteiger charge is 2.31. The van der Waals surface area contributed by atoms with Crippen LogP contribution in [0.5, 0.6) is 0 Å². The maximum Gasteiger partial charge on any atom is 0.158 e. The van der Waals surface area contributed by atoms with Gasteiger partial charge >= 0.3 is 0 Å². The number of pyridine rings is 3. The molecule has 7 aromatic heterocycles. The third kappa shape index (κ3) is 18.6. The zero-order valence-electron chi connectivity index (χ0n) is 56.5. The van der Waals surface area contributed by atoms with Gasteiger partial charge < -0.3 is 31.1 Å². The van der Waals surface area contributed by atoms with Crippen LogP contribution in [0.2, 0.25) is 5.02 Å². The van der Waals surface area contributed by atoms with Gasteiger partial charge in [-0.25, -0.2) is 13.2 Å². The number of allylic oxidation sites excluding steroid dienone is 1. The molecule has 3 saturated heterocycles. The second-order valence-electron chi connectivity index (χ2n) is 26.5. The van der Waals surface area contributed by atoms with E-state index in [0.717, 1.165) is 177 Å². The van der Waals surface area contributed by atoms with Crippen molar-refractivity contribution in [1.82, 2.24) is 65.5 Å². The summed E-state index contributed by atoms with van der Waals surface area (Å²) in [6, 6.07) is 40.6. The van der Waals surface area contributed by atoms with E-state index in [-0.39, 0.29) is 53.2 Å². The Balaban J connectivity index is 0.000000159. The monoisotopic (exact) mass is 1430 g/mol. The Morgan fingerprint density at radius 3 is 1.42 bits per heavy atom. The average molecular weight is 1430 g/mol. The van der Waals surface area contributed by atoms with Gasteiger partial charge in [0.15, 0.2) is 17.5 Å². The summed E-state index contributed by atoms with van der Waals surface area (Å²) in [5.74, 6) is 3.03. The molecule has 18 nitrogen and oxygen atoms in total. The highest BCUT2D eigenvalue weighted by atomic mass is 35.5. The molecular weight excluding hydrogens is 1330 g/mol. The number of aliphatic imine (C=N–C) groups is 1. The lowest BCUT2D eigenvalue weighted by Crippen LogP contribution is -2.31. The summed E-state index contributed by atoms with van der Waals surface area (Å²) in [5, 5.41) is 38.8. The third-order valence-corrected chi connectivity index (χ3v) is 19.9. The van der Waals surface area contributed by atoms with E-state index in [1.165, 1.54) is 80.6 Å². The smallest absolute Gasteiger partial charge is 0.158 e. The van der Waals surface area contributed by atoms with Crippen LogP contribution < -0.4 is 21.3 Å². The number of nitrogens with two attached hydrogens (primary N) is 1. The minimum absolute atomic E-state index is 0. The SMILES string of the molecule is C.C.C.C.CC1CCN(c2n[nH]c(-c3ccc(F)cc3)c2-c2ccncc2)C1.CN1CCCC1CNc1n[nH]c(-c2ccc(Cl)cc2)c1-c1ccncc1.CN1CCCC1CNc1n[nH]c(-c2ccc(F)cc2)c1C1=CC=NCC1.NC1CCC(c2[nH]nc(-c3ccc(F)cc3)c2-c2ccncc2)C1. The van der Waals surface area contributed by atoms with Gasteiger partial charge in [-0.2, -0.15) is 20.4 Å². The first-order valence-corrected chi connectivity index (χ1v) is 34.9. The van der Waals surface area contributed by atoms with Crippen molar-refractivity contribution < 1.29 is 13.2 Å². The number of likely N-dealkylation sites (tertiary alicyclic amines) is 2. The Bertz CT molecular complexity index is 4340. The Labute approximate surface area is 615 Å². The van der Waals surface area contributed by atoms with E-state index >= 15 is 0 Å². The number of H-pyrrole nitrogens is 4. The van der Waals surface area contributed by atoms with Crippen LogP contribution in [0.1, 0.15) is 112 Å². The van der Waals surface area contributed by atoms with Crippen molar-refractivity contribution in [1.29, 1.82) is 0 Å². The number of hydrogen-bond acceptors (Lipinski definition) is 14. The zero-order chi connectivity index (χ0) is 68.9. The van der Waals surface area contributed by atoms with Crippen molar-refractivity contribution in [3.63, 3.8) is 0 Å². The number of benzene rings is 4. The molecule has 16 rings (SSSR count). The summed E-state index contributed by atoms with van der Waals surface area (Å²) in [4.78, 5) is 23.8. The number of dihydropyridines is 1. The van der Waals surface area contributed by atoms with Gasteiger partial charge in [-0.15, -0.1) is 0 Å². The number of nitrogens with zero attached hydrogens (tertiary/aromatic N) is 11. The summed E-state index contributed by atoms with van der Waals surface area (Å²) in [7, 11) is 4.36. The summed E-state index contributed by atoms with van der Waals surface area (Å²) < 4.78 is 39.9. The molecule has 4 aliphatic heterocycles. The van der Waals surface area contributed by atoms with Gasteiger partial charge in [0, 0.05) is 144 Å². The van der Waals surface area contributed by atoms with Gasteiger partial charge in [-0.3, -0.25) is 40.3 Å². The number of aromatic amines is 4. The lowest BCUT2D eigenvalue weighted by Gasteiger charge is -2.20. The standard InChI is InChI=1S/C20H22ClN5.C20H24FN5.2C19H19FN4.4CH4/c2*1-26-12-2-3-17(26)13-23-20-18(14-8-10-22-11-9-14)19(24-25-20)15-4-6-16(21)7-5-15;1-13-8-11-24(12-13)19-17(14-6-9-21-10-7-14)18(22-23-19)15-2-4-16(20)5-3-15;20-15-4-1-13(2-5-15)18-17(12-7-9-22-10-8-12)19(24-23-18)14-3-6-16(21)11-14;;;;/h4-11,17H,2-3,12-13H2,1H3,(H2,23,24,25);4-8,10,17H,2-3,9,11-13H2,1H3,(H2,23,24,25);2-7,9-10,13H,8,11-12H2,1H3,(H,22,23);1-2,4-5,7-10,14,16H,3,6,11,21H2,(H,23,24);4*1H4. The van der Waals surface area contributed by atoms with Gasteiger partial charge in [0.05, 0.1) is 28.2 Å². The van der Waals surface area contributed by atoms with Gasteiger partial charge in [0.2, 0.25) is 0 Å². The number of rotatable bonds is 16. The Morgan fingerprint density at radius 2 is 0.962 bits per heavy atom. The number of aromatic nitrogens is 11. The summed E-state index contributed by atoms with van der Waals surface area (Å²) >= 11 is 6.05. The quantitative estimate of drug-likeness (QED) is 0.0479. The maximum absolute atomic E-state index is 13.3. The molecule has 0 radical (unpaired) electrons. The number of hydrogen-bond donors (Lipinski definition) is 7.